The van der Waals surface area contributed by atoms with E-state index in [1.807, 2.05) is 13.8 Å². The summed E-state index contributed by atoms with van der Waals surface area (Å²) in [5, 5.41) is 14.3. The number of hydrogen-bond acceptors (Lipinski definition) is 3. The summed E-state index contributed by atoms with van der Waals surface area (Å²) in [4.78, 5) is 0. The molecule has 3 nitrogen and oxygen atoms in total. The number of aromatic hydroxyl groups is 1. The summed E-state index contributed by atoms with van der Waals surface area (Å²) in [6.07, 6.45) is 1.02. The van der Waals surface area contributed by atoms with E-state index in [2.05, 4.69) is 5.32 Å². The molecule has 4 heteroatoms. The second-order valence-corrected chi connectivity index (χ2v) is 4.93. The van der Waals surface area contributed by atoms with Crippen molar-refractivity contribution in [1.29, 1.82) is 0 Å². The Balaban J connectivity index is 2.61. The first-order chi connectivity index (χ1) is 8.07. The summed E-state index contributed by atoms with van der Waals surface area (Å²) in [7, 11) is 1.56. The maximum Gasteiger partial charge on any atom is 0.165 e. The summed E-state index contributed by atoms with van der Waals surface area (Å²) >= 11 is 6.31. The SMILES string of the molecule is COc1c(C)c(Cl)c(C)c(C2CCNC2)c1O. The number of phenolic OH excluding ortho intramolecular Hbond substituents is 1. The lowest BCUT2D eigenvalue weighted by Gasteiger charge is -2.20. The zero-order valence-electron chi connectivity index (χ0n) is 10.4. The van der Waals surface area contributed by atoms with Crippen LogP contribution in [0.4, 0.5) is 0 Å². The van der Waals surface area contributed by atoms with Gasteiger partial charge in [0.15, 0.2) is 11.5 Å². The Morgan fingerprint density at radius 1 is 1.35 bits per heavy atom. The van der Waals surface area contributed by atoms with Gasteiger partial charge in [-0.1, -0.05) is 11.6 Å². The highest BCUT2D eigenvalue weighted by atomic mass is 35.5. The van der Waals surface area contributed by atoms with Crippen molar-refractivity contribution in [1.82, 2.24) is 5.32 Å². The third kappa shape index (κ3) is 1.98. The fourth-order valence-corrected chi connectivity index (χ4v) is 2.81. The molecule has 1 aliphatic rings. The van der Waals surface area contributed by atoms with Gasteiger partial charge in [0.05, 0.1) is 12.1 Å². The molecule has 0 saturated carbocycles. The number of benzene rings is 1. The van der Waals surface area contributed by atoms with Gasteiger partial charge < -0.3 is 15.2 Å². The minimum Gasteiger partial charge on any atom is -0.504 e. The Hall–Kier alpha value is -0.930. The smallest absolute Gasteiger partial charge is 0.165 e. The Kier molecular flexibility index (Phi) is 3.50. The van der Waals surface area contributed by atoms with Gasteiger partial charge in [0.25, 0.3) is 0 Å². The molecular weight excluding hydrogens is 238 g/mol. The maximum atomic E-state index is 10.3. The Labute approximate surface area is 107 Å². The van der Waals surface area contributed by atoms with E-state index in [4.69, 9.17) is 16.3 Å². The monoisotopic (exact) mass is 255 g/mol. The largest absolute Gasteiger partial charge is 0.504 e. The molecule has 1 saturated heterocycles. The van der Waals surface area contributed by atoms with Crippen molar-refractivity contribution < 1.29 is 9.84 Å². The lowest BCUT2D eigenvalue weighted by Crippen LogP contribution is -2.10. The van der Waals surface area contributed by atoms with Gasteiger partial charge in [0, 0.05) is 23.6 Å². The predicted octanol–water partition coefficient (Wildman–Crippen LogP) is 2.75. The van der Waals surface area contributed by atoms with Gasteiger partial charge >= 0.3 is 0 Å². The van der Waals surface area contributed by atoms with Gasteiger partial charge in [-0.2, -0.15) is 0 Å². The van der Waals surface area contributed by atoms with Crippen LogP contribution in [0, 0.1) is 13.8 Å². The maximum absolute atomic E-state index is 10.3. The Morgan fingerprint density at radius 3 is 2.59 bits per heavy atom. The van der Waals surface area contributed by atoms with E-state index >= 15 is 0 Å². The first-order valence-corrected chi connectivity index (χ1v) is 6.22. The van der Waals surface area contributed by atoms with E-state index in [-0.39, 0.29) is 5.75 Å². The number of ether oxygens (including phenoxy) is 1. The topological polar surface area (TPSA) is 41.5 Å². The molecule has 0 aliphatic carbocycles. The van der Waals surface area contributed by atoms with Crippen LogP contribution in [0.3, 0.4) is 0 Å². The highest BCUT2D eigenvalue weighted by Gasteiger charge is 2.26. The molecule has 2 N–H and O–H groups in total. The molecule has 17 heavy (non-hydrogen) atoms. The van der Waals surface area contributed by atoms with Crippen LogP contribution in [-0.2, 0) is 0 Å². The normalized spacial score (nSPS) is 19.6. The van der Waals surface area contributed by atoms with E-state index in [0.29, 0.717) is 16.7 Å². The van der Waals surface area contributed by atoms with Gasteiger partial charge in [0.2, 0.25) is 0 Å². The van der Waals surface area contributed by atoms with E-state index in [0.717, 1.165) is 36.2 Å². The quantitative estimate of drug-likeness (QED) is 0.854. The van der Waals surface area contributed by atoms with Crippen LogP contribution in [0.1, 0.15) is 29.0 Å². The average Bonchev–Trinajstić information content (AvgIpc) is 2.81. The third-order valence-corrected chi connectivity index (χ3v) is 4.11. The lowest BCUT2D eigenvalue weighted by atomic mass is 9.91. The van der Waals surface area contributed by atoms with Crippen LogP contribution >= 0.6 is 11.6 Å². The zero-order chi connectivity index (χ0) is 12.6. The van der Waals surface area contributed by atoms with Crippen LogP contribution in [0.15, 0.2) is 0 Å². The number of methoxy groups -OCH3 is 1. The highest BCUT2D eigenvalue weighted by Crippen LogP contribution is 2.45. The number of hydrogen-bond donors (Lipinski definition) is 2. The van der Waals surface area contributed by atoms with E-state index in [1.165, 1.54) is 0 Å². The van der Waals surface area contributed by atoms with Gasteiger partial charge in [-0.05, 0) is 32.4 Å². The van der Waals surface area contributed by atoms with Crippen molar-refractivity contribution in [2.24, 2.45) is 0 Å². The highest BCUT2D eigenvalue weighted by molar-refractivity contribution is 6.32. The number of rotatable bonds is 2. The van der Waals surface area contributed by atoms with E-state index in [1.54, 1.807) is 7.11 Å². The molecule has 2 rings (SSSR count). The number of phenols is 1. The van der Waals surface area contributed by atoms with E-state index < -0.39 is 0 Å². The molecule has 0 bridgehead atoms. The molecule has 1 aromatic rings. The molecule has 94 valence electrons. The molecule has 0 amide bonds. The molecule has 1 fully saturated rings. The Morgan fingerprint density at radius 2 is 2.06 bits per heavy atom. The molecule has 0 aromatic heterocycles. The van der Waals surface area contributed by atoms with Gasteiger partial charge in [0.1, 0.15) is 0 Å². The first kappa shape index (κ1) is 12.5. The second kappa shape index (κ2) is 4.75. The van der Waals surface area contributed by atoms with Gasteiger partial charge in [-0.15, -0.1) is 0 Å². The van der Waals surface area contributed by atoms with Crippen molar-refractivity contribution >= 4 is 11.6 Å². The van der Waals surface area contributed by atoms with Crippen molar-refractivity contribution in [3.05, 3.63) is 21.7 Å². The lowest BCUT2D eigenvalue weighted by molar-refractivity contribution is 0.366. The third-order valence-electron chi connectivity index (χ3n) is 3.55. The van der Waals surface area contributed by atoms with Crippen molar-refractivity contribution in [3.8, 4) is 11.5 Å². The minimum atomic E-state index is 0.251. The van der Waals surface area contributed by atoms with E-state index in [9.17, 15) is 5.11 Å². The van der Waals surface area contributed by atoms with Gasteiger partial charge in [-0.25, -0.2) is 0 Å². The standard InChI is InChI=1S/C13H18ClNO2/c1-7-10(9-4-5-15-6-9)12(16)13(17-3)8(2)11(7)14/h9,15-16H,4-6H2,1-3H3. The minimum absolute atomic E-state index is 0.251. The van der Waals surface area contributed by atoms with Crippen LogP contribution in [0.5, 0.6) is 11.5 Å². The summed E-state index contributed by atoms with van der Waals surface area (Å²) < 4.78 is 5.26. The van der Waals surface area contributed by atoms with Crippen molar-refractivity contribution in [3.63, 3.8) is 0 Å². The predicted molar refractivity (Wildman–Crippen MR) is 69.4 cm³/mol. The number of halogens is 1. The van der Waals surface area contributed by atoms with Crippen LogP contribution in [0.2, 0.25) is 5.02 Å². The number of nitrogens with one attached hydrogen (secondary N) is 1. The van der Waals surface area contributed by atoms with Crippen molar-refractivity contribution in [2.45, 2.75) is 26.2 Å². The van der Waals surface area contributed by atoms with Crippen LogP contribution in [-0.4, -0.2) is 25.3 Å². The molecule has 1 aromatic carbocycles. The fraction of sp³-hybridized carbons (Fsp3) is 0.538. The summed E-state index contributed by atoms with van der Waals surface area (Å²) in [5.74, 6) is 1.07. The molecule has 0 spiro atoms. The molecule has 1 heterocycles. The average molecular weight is 256 g/mol. The molecule has 0 radical (unpaired) electrons. The molecule has 1 unspecified atom stereocenters. The Bertz CT molecular complexity index is 440. The first-order valence-electron chi connectivity index (χ1n) is 5.84. The fourth-order valence-electron chi connectivity index (χ4n) is 2.63. The summed E-state index contributed by atoms with van der Waals surface area (Å²) in [6.45, 7) is 5.70. The summed E-state index contributed by atoms with van der Waals surface area (Å²) in [6, 6.07) is 0. The summed E-state index contributed by atoms with van der Waals surface area (Å²) in [5.41, 5.74) is 2.71. The second-order valence-electron chi connectivity index (χ2n) is 4.55. The zero-order valence-corrected chi connectivity index (χ0v) is 11.2. The molecular formula is C13H18ClNO2. The molecule has 1 aliphatic heterocycles. The van der Waals surface area contributed by atoms with Gasteiger partial charge in [-0.3, -0.25) is 0 Å². The van der Waals surface area contributed by atoms with Crippen molar-refractivity contribution in [2.75, 3.05) is 20.2 Å². The van der Waals surface area contributed by atoms with Crippen LogP contribution < -0.4 is 10.1 Å². The van der Waals surface area contributed by atoms with Crippen LogP contribution in [0.25, 0.3) is 0 Å². The molecule has 1 atom stereocenters.